The number of hydrogen-bond donors (Lipinski definition) is 0. The summed E-state index contributed by atoms with van der Waals surface area (Å²) < 4.78 is 16.3. The molecular formula is C18H17N3O4. The van der Waals surface area contributed by atoms with Crippen LogP contribution in [-0.2, 0) is 4.79 Å². The summed E-state index contributed by atoms with van der Waals surface area (Å²) in [7, 11) is 1.58. The van der Waals surface area contributed by atoms with Gasteiger partial charge in [-0.3, -0.25) is 4.79 Å². The Balaban J connectivity index is 1.44. The molecule has 1 amide bonds. The topological polar surface area (TPSA) is 84.7 Å². The van der Waals surface area contributed by atoms with Crippen molar-refractivity contribution in [3.8, 4) is 23.4 Å². The Hall–Kier alpha value is -3.27. The van der Waals surface area contributed by atoms with E-state index in [1.807, 2.05) is 6.07 Å². The number of benzene rings is 1. The molecule has 1 aliphatic rings. The summed E-state index contributed by atoms with van der Waals surface area (Å²) in [5, 5.41) is 8.86. The lowest BCUT2D eigenvalue weighted by atomic mass is 10.1. The van der Waals surface area contributed by atoms with Crippen molar-refractivity contribution in [3.05, 3.63) is 48.2 Å². The van der Waals surface area contributed by atoms with Crippen molar-refractivity contribution in [1.82, 2.24) is 9.88 Å². The smallest absolute Gasteiger partial charge is 0.260 e. The van der Waals surface area contributed by atoms with E-state index in [0.717, 1.165) is 0 Å². The minimum atomic E-state index is -0.123. The van der Waals surface area contributed by atoms with Gasteiger partial charge in [0.25, 0.3) is 5.91 Å². The number of pyridine rings is 1. The summed E-state index contributed by atoms with van der Waals surface area (Å²) in [5.74, 6) is 1.54. The quantitative estimate of drug-likeness (QED) is 0.795. The molecule has 128 valence electrons. The van der Waals surface area contributed by atoms with Crippen LogP contribution in [0.25, 0.3) is 0 Å². The summed E-state index contributed by atoms with van der Waals surface area (Å²) in [6.45, 7) is 0.902. The molecule has 1 saturated heterocycles. The van der Waals surface area contributed by atoms with Crippen molar-refractivity contribution >= 4 is 5.91 Å². The lowest BCUT2D eigenvalue weighted by molar-refractivity contribution is -0.142. The predicted octanol–water partition coefficient (Wildman–Crippen LogP) is 1.63. The van der Waals surface area contributed by atoms with Gasteiger partial charge in [0.15, 0.2) is 6.61 Å². The molecule has 0 bridgehead atoms. The molecule has 0 atom stereocenters. The number of aromatic nitrogens is 1. The highest BCUT2D eigenvalue weighted by Crippen LogP contribution is 2.20. The maximum Gasteiger partial charge on any atom is 0.260 e. The van der Waals surface area contributed by atoms with Gasteiger partial charge in [0, 0.05) is 18.3 Å². The number of ether oxygens (including phenoxy) is 3. The molecule has 0 radical (unpaired) electrons. The lowest BCUT2D eigenvalue weighted by Gasteiger charge is -2.38. The minimum Gasteiger partial charge on any atom is -0.497 e. The van der Waals surface area contributed by atoms with Gasteiger partial charge in [-0.05, 0) is 18.2 Å². The summed E-state index contributed by atoms with van der Waals surface area (Å²) in [6.07, 6.45) is 1.40. The number of likely N-dealkylation sites (tertiary alicyclic amines) is 1. The highest BCUT2D eigenvalue weighted by atomic mass is 16.5. The van der Waals surface area contributed by atoms with E-state index in [9.17, 15) is 4.79 Å². The molecule has 0 aliphatic carbocycles. The molecule has 1 aromatic carbocycles. The Morgan fingerprint density at radius 1 is 1.32 bits per heavy atom. The Morgan fingerprint density at radius 3 is 2.88 bits per heavy atom. The fourth-order valence-electron chi connectivity index (χ4n) is 2.36. The van der Waals surface area contributed by atoms with E-state index in [-0.39, 0.29) is 18.6 Å². The van der Waals surface area contributed by atoms with Gasteiger partial charge in [-0.1, -0.05) is 6.07 Å². The molecule has 2 heterocycles. The van der Waals surface area contributed by atoms with Crippen molar-refractivity contribution in [2.24, 2.45) is 0 Å². The van der Waals surface area contributed by atoms with Crippen LogP contribution in [0.3, 0.4) is 0 Å². The van der Waals surface area contributed by atoms with Crippen molar-refractivity contribution in [2.45, 2.75) is 6.10 Å². The zero-order valence-corrected chi connectivity index (χ0v) is 13.7. The Morgan fingerprint density at radius 2 is 2.12 bits per heavy atom. The van der Waals surface area contributed by atoms with Crippen molar-refractivity contribution < 1.29 is 19.0 Å². The standard InChI is InChI=1S/C18H17N3O4/c1-23-14-3-2-4-15(8-14)24-12-18(22)21-10-16(11-21)25-17-7-13(9-19)5-6-20-17/h2-8,16H,10-12H2,1H3. The van der Waals surface area contributed by atoms with Gasteiger partial charge in [0.1, 0.15) is 17.6 Å². The van der Waals surface area contributed by atoms with Crippen LogP contribution < -0.4 is 14.2 Å². The number of amides is 1. The summed E-state index contributed by atoms with van der Waals surface area (Å²) in [4.78, 5) is 17.8. The SMILES string of the molecule is COc1cccc(OCC(=O)N2CC(Oc3cc(C#N)ccn3)C2)c1. The number of nitriles is 1. The molecule has 0 saturated carbocycles. The van der Waals surface area contributed by atoms with Crippen molar-refractivity contribution in [1.29, 1.82) is 5.26 Å². The fourth-order valence-corrected chi connectivity index (χ4v) is 2.36. The van der Waals surface area contributed by atoms with E-state index in [0.29, 0.717) is 36.0 Å². The number of rotatable bonds is 6. The van der Waals surface area contributed by atoms with Gasteiger partial charge < -0.3 is 19.1 Å². The van der Waals surface area contributed by atoms with Crippen LogP contribution in [0, 0.1) is 11.3 Å². The molecule has 0 N–H and O–H groups in total. The number of methoxy groups -OCH3 is 1. The molecule has 0 spiro atoms. The third-order valence-electron chi connectivity index (χ3n) is 3.76. The number of hydrogen-bond acceptors (Lipinski definition) is 6. The maximum atomic E-state index is 12.1. The normalized spacial score (nSPS) is 13.5. The van der Waals surface area contributed by atoms with Crippen LogP contribution in [-0.4, -0.2) is 48.7 Å². The molecule has 0 unspecified atom stereocenters. The first kappa shape index (κ1) is 16.6. The van der Waals surface area contributed by atoms with Crippen LogP contribution in [0.5, 0.6) is 17.4 Å². The first-order valence-electron chi connectivity index (χ1n) is 7.75. The molecule has 7 heteroatoms. The maximum absolute atomic E-state index is 12.1. The van der Waals surface area contributed by atoms with Crippen LogP contribution >= 0.6 is 0 Å². The van der Waals surface area contributed by atoms with E-state index in [1.54, 1.807) is 48.4 Å². The molecule has 1 fully saturated rings. The summed E-state index contributed by atoms with van der Waals surface area (Å²) in [5.41, 5.74) is 0.490. The Kier molecular flexibility index (Phi) is 5.00. The monoisotopic (exact) mass is 339 g/mol. The third kappa shape index (κ3) is 4.18. The van der Waals surface area contributed by atoms with Gasteiger partial charge in [0.05, 0.1) is 31.8 Å². The van der Waals surface area contributed by atoms with E-state index < -0.39 is 0 Å². The Bertz CT molecular complexity index is 797. The lowest BCUT2D eigenvalue weighted by Crippen LogP contribution is -2.57. The summed E-state index contributed by atoms with van der Waals surface area (Å²) >= 11 is 0. The second kappa shape index (κ2) is 7.53. The number of carbonyl (C=O) groups excluding carboxylic acids is 1. The van der Waals surface area contributed by atoms with Gasteiger partial charge in [-0.15, -0.1) is 0 Å². The van der Waals surface area contributed by atoms with Gasteiger partial charge >= 0.3 is 0 Å². The molecular weight excluding hydrogens is 322 g/mol. The van der Waals surface area contributed by atoms with Gasteiger partial charge in [-0.25, -0.2) is 4.98 Å². The Labute approximate surface area is 145 Å². The van der Waals surface area contributed by atoms with Crippen LogP contribution in [0.1, 0.15) is 5.56 Å². The molecule has 3 rings (SSSR count). The van der Waals surface area contributed by atoms with Crippen LogP contribution in [0.15, 0.2) is 42.6 Å². The summed E-state index contributed by atoms with van der Waals surface area (Å²) in [6, 6.07) is 12.3. The third-order valence-corrected chi connectivity index (χ3v) is 3.76. The van der Waals surface area contributed by atoms with E-state index in [2.05, 4.69) is 4.98 Å². The van der Waals surface area contributed by atoms with E-state index in [4.69, 9.17) is 19.5 Å². The second-order valence-electron chi connectivity index (χ2n) is 5.50. The predicted molar refractivity (Wildman–Crippen MR) is 88.4 cm³/mol. The molecule has 25 heavy (non-hydrogen) atoms. The first-order chi connectivity index (χ1) is 12.2. The molecule has 1 aromatic heterocycles. The zero-order valence-electron chi connectivity index (χ0n) is 13.7. The molecule has 1 aliphatic heterocycles. The average molecular weight is 339 g/mol. The largest absolute Gasteiger partial charge is 0.497 e. The number of nitrogens with zero attached hydrogens (tertiary/aromatic N) is 3. The van der Waals surface area contributed by atoms with E-state index >= 15 is 0 Å². The fraction of sp³-hybridized carbons (Fsp3) is 0.278. The van der Waals surface area contributed by atoms with Crippen LogP contribution in [0.4, 0.5) is 0 Å². The molecule has 2 aromatic rings. The van der Waals surface area contributed by atoms with Gasteiger partial charge in [-0.2, -0.15) is 5.26 Å². The van der Waals surface area contributed by atoms with Crippen LogP contribution in [0.2, 0.25) is 0 Å². The van der Waals surface area contributed by atoms with Gasteiger partial charge in [0.2, 0.25) is 5.88 Å². The van der Waals surface area contributed by atoms with E-state index in [1.165, 1.54) is 6.20 Å². The highest BCUT2D eigenvalue weighted by Gasteiger charge is 2.32. The minimum absolute atomic E-state index is 0.0396. The van der Waals surface area contributed by atoms with Crippen molar-refractivity contribution in [2.75, 3.05) is 26.8 Å². The second-order valence-corrected chi connectivity index (χ2v) is 5.50. The highest BCUT2D eigenvalue weighted by molar-refractivity contribution is 5.78. The number of carbonyl (C=O) groups is 1. The molecule has 7 nitrogen and oxygen atoms in total. The van der Waals surface area contributed by atoms with Crippen molar-refractivity contribution in [3.63, 3.8) is 0 Å². The zero-order chi connectivity index (χ0) is 17.6. The first-order valence-corrected chi connectivity index (χ1v) is 7.75. The average Bonchev–Trinajstić information content (AvgIpc) is 2.62.